The molecule has 314 valence electrons. The van der Waals surface area contributed by atoms with E-state index in [2.05, 4.69) is 30.8 Å². The van der Waals surface area contributed by atoms with Crippen molar-refractivity contribution >= 4 is 6.08 Å². The molecule has 0 bridgehead atoms. The van der Waals surface area contributed by atoms with Gasteiger partial charge < -0.3 is 0 Å². The van der Waals surface area contributed by atoms with E-state index >= 15 is 0 Å². The summed E-state index contributed by atoms with van der Waals surface area (Å²) in [6.07, 6.45) is 7.81. The highest BCUT2D eigenvalue weighted by Gasteiger charge is 2.16. The van der Waals surface area contributed by atoms with E-state index in [1.54, 1.807) is 12.1 Å². The molecule has 0 saturated heterocycles. The van der Waals surface area contributed by atoms with E-state index in [0.717, 1.165) is 76.1 Å². The van der Waals surface area contributed by atoms with Crippen LogP contribution < -0.4 is 0 Å². The van der Waals surface area contributed by atoms with Gasteiger partial charge in [0, 0.05) is 11.1 Å². The predicted molar refractivity (Wildman–Crippen MR) is 238 cm³/mol. The lowest BCUT2D eigenvalue weighted by Gasteiger charge is -2.09. The largest absolute Gasteiger partial charge is 0.206 e. The molecule has 63 heavy (non-hydrogen) atoms. The molecular weight excluding hydrogens is 813 g/mol. The minimum atomic E-state index is -1.57. The van der Waals surface area contributed by atoms with Crippen LogP contribution in [0.5, 0.6) is 0 Å². The number of benzene rings is 8. The Labute approximate surface area is 360 Å². The summed E-state index contributed by atoms with van der Waals surface area (Å²) in [5.74, 6) is -9.85. The number of halogens is 8. The van der Waals surface area contributed by atoms with Crippen LogP contribution in [0.4, 0.5) is 35.1 Å². The van der Waals surface area contributed by atoms with E-state index in [1.165, 1.54) is 29.8 Å². The Morgan fingerprint density at radius 3 is 1.00 bits per heavy atom. The fourth-order valence-corrected chi connectivity index (χ4v) is 7.10. The van der Waals surface area contributed by atoms with Crippen LogP contribution in [0.15, 0.2) is 176 Å². The minimum absolute atomic E-state index is 0.000265. The first-order valence-electron chi connectivity index (χ1n) is 20.0. The van der Waals surface area contributed by atoms with Crippen LogP contribution in [0.25, 0.3) is 72.8 Å². The molecule has 0 amide bonds. The molecule has 8 aromatic rings. The molecule has 0 aliphatic heterocycles. The standard InChI is InChI=1S/C28H20F4.C27H18F4/c1-2-3-4-18-5-7-19(8-6-18)20-9-11-21(12-10-20)22-13-14-24(25(29)15-22)23-16-26(30)28(32)27(31)17-23;1-2-3-17-4-6-18(7-5-17)19-8-10-20(11-9-19)21-12-13-23(24(28)14-21)22-15-25(29)27(31)26(30)16-22/h2,5-17H,1,3-4H2;2-16H,1H3/b;3-2+. The van der Waals surface area contributed by atoms with Gasteiger partial charge in [0.15, 0.2) is 34.9 Å². The van der Waals surface area contributed by atoms with Gasteiger partial charge in [-0.2, -0.15) is 0 Å². The van der Waals surface area contributed by atoms with E-state index in [-0.39, 0.29) is 22.3 Å². The van der Waals surface area contributed by atoms with Gasteiger partial charge in [-0.25, -0.2) is 35.1 Å². The normalized spacial score (nSPS) is 11.1. The SMILES string of the molecule is C/C=C/c1ccc(-c2ccc(-c3ccc(-c4cc(F)c(F)c(F)c4)c(F)c3)cc2)cc1.C=CCCc1ccc(-c2ccc(-c3ccc(-c4cc(F)c(F)c(F)c4)c(F)c3)cc2)cc1. The lowest BCUT2D eigenvalue weighted by Crippen LogP contribution is -1.94. The smallest absolute Gasteiger partial charge is 0.194 e. The van der Waals surface area contributed by atoms with E-state index in [1.807, 2.05) is 97.9 Å². The van der Waals surface area contributed by atoms with E-state index in [4.69, 9.17) is 0 Å². The molecular formula is C55H38F8. The average molecular weight is 851 g/mol. The first-order valence-corrected chi connectivity index (χ1v) is 20.0. The lowest BCUT2D eigenvalue weighted by atomic mass is 9.97. The second kappa shape index (κ2) is 19.6. The topological polar surface area (TPSA) is 0 Å². The van der Waals surface area contributed by atoms with Gasteiger partial charge in [-0.3, -0.25) is 0 Å². The second-order valence-corrected chi connectivity index (χ2v) is 14.7. The van der Waals surface area contributed by atoms with Crippen LogP contribution in [0, 0.1) is 46.5 Å². The predicted octanol–water partition coefficient (Wildman–Crippen LogP) is 16.6. The van der Waals surface area contributed by atoms with E-state index in [9.17, 15) is 35.1 Å². The summed E-state index contributed by atoms with van der Waals surface area (Å²) in [7, 11) is 0. The van der Waals surface area contributed by atoms with Crippen LogP contribution in [0.3, 0.4) is 0 Å². The Bertz CT molecular complexity index is 2870. The second-order valence-electron chi connectivity index (χ2n) is 14.7. The van der Waals surface area contributed by atoms with Crippen molar-refractivity contribution in [2.75, 3.05) is 0 Å². The molecule has 0 radical (unpaired) electrons. The molecule has 0 heterocycles. The van der Waals surface area contributed by atoms with E-state index < -0.39 is 46.5 Å². The molecule has 0 atom stereocenters. The van der Waals surface area contributed by atoms with Crippen LogP contribution in [-0.2, 0) is 6.42 Å². The van der Waals surface area contributed by atoms with Crippen molar-refractivity contribution in [1.82, 2.24) is 0 Å². The Morgan fingerprint density at radius 1 is 0.365 bits per heavy atom. The third kappa shape index (κ3) is 10.2. The van der Waals surface area contributed by atoms with Gasteiger partial charge in [-0.1, -0.05) is 140 Å². The summed E-state index contributed by atoms with van der Waals surface area (Å²) in [6, 6.07) is 43.9. The van der Waals surface area contributed by atoms with Crippen LogP contribution in [-0.4, -0.2) is 0 Å². The van der Waals surface area contributed by atoms with Gasteiger partial charge in [0.25, 0.3) is 0 Å². The van der Waals surface area contributed by atoms with Crippen LogP contribution in [0.1, 0.15) is 24.5 Å². The number of hydrogen-bond acceptors (Lipinski definition) is 0. The van der Waals surface area contributed by atoms with Gasteiger partial charge >= 0.3 is 0 Å². The summed E-state index contributed by atoms with van der Waals surface area (Å²) in [5.41, 5.74) is 9.34. The third-order valence-electron chi connectivity index (χ3n) is 10.5. The molecule has 8 aromatic carbocycles. The lowest BCUT2D eigenvalue weighted by molar-refractivity contribution is 0.447. The number of aryl methyl sites for hydroxylation is 1. The summed E-state index contributed by atoms with van der Waals surface area (Å²) >= 11 is 0. The molecule has 0 fully saturated rings. The molecule has 0 N–H and O–H groups in total. The zero-order chi connectivity index (χ0) is 44.6. The van der Waals surface area contributed by atoms with Crippen LogP contribution in [0.2, 0.25) is 0 Å². The monoisotopic (exact) mass is 850 g/mol. The molecule has 0 spiro atoms. The fraction of sp³-hybridized carbons (Fsp3) is 0.0545. The van der Waals surface area contributed by atoms with Gasteiger partial charge in [0.2, 0.25) is 0 Å². The van der Waals surface area contributed by atoms with Crippen LogP contribution >= 0.6 is 0 Å². The van der Waals surface area contributed by atoms with Crippen molar-refractivity contribution in [3.8, 4) is 66.8 Å². The Balaban J connectivity index is 0.000000189. The quantitative estimate of drug-likeness (QED) is 0.0731. The van der Waals surface area contributed by atoms with Gasteiger partial charge in [-0.15, -0.1) is 6.58 Å². The number of allylic oxidation sites excluding steroid dienone is 2. The molecule has 8 rings (SSSR count). The maximum atomic E-state index is 14.7. The fourth-order valence-electron chi connectivity index (χ4n) is 7.10. The Kier molecular flexibility index (Phi) is 13.6. The molecule has 0 nitrogen and oxygen atoms in total. The average Bonchev–Trinajstić information content (AvgIpc) is 3.30. The molecule has 8 heteroatoms. The first-order chi connectivity index (χ1) is 30.4. The molecule has 0 aliphatic carbocycles. The number of hydrogen-bond donors (Lipinski definition) is 0. The zero-order valence-electron chi connectivity index (χ0n) is 33.9. The van der Waals surface area contributed by atoms with Crippen molar-refractivity contribution in [3.05, 3.63) is 234 Å². The van der Waals surface area contributed by atoms with Gasteiger partial charge in [0.1, 0.15) is 11.6 Å². The van der Waals surface area contributed by atoms with Crippen molar-refractivity contribution in [2.24, 2.45) is 0 Å². The highest BCUT2D eigenvalue weighted by atomic mass is 19.2. The summed E-state index contributed by atoms with van der Waals surface area (Å²) < 4.78 is 110. The Morgan fingerprint density at radius 2 is 0.667 bits per heavy atom. The van der Waals surface area contributed by atoms with Crippen molar-refractivity contribution in [1.29, 1.82) is 0 Å². The van der Waals surface area contributed by atoms with Crippen molar-refractivity contribution in [2.45, 2.75) is 19.8 Å². The highest BCUT2D eigenvalue weighted by Crippen LogP contribution is 2.33. The minimum Gasteiger partial charge on any atom is -0.206 e. The highest BCUT2D eigenvalue weighted by molar-refractivity contribution is 5.76. The molecule has 0 aliphatic rings. The van der Waals surface area contributed by atoms with Gasteiger partial charge in [-0.05, 0) is 123 Å². The van der Waals surface area contributed by atoms with Gasteiger partial charge in [0.05, 0.1) is 0 Å². The molecule has 0 unspecified atom stereocenters. The van der Waals surface area contributed by atoms with E-state index in [0.29, 0.717) is 11.1 Å². The Hall–Kier alpha value is -7.32. The maximum Gasteiger partial charge on any atom is 0.194 e. The number of rotatable bonds is 10. The summed E-state index contributed by atoms with van der Waals surface area (Å²) in [5, 5.41) is 0. The summed E-state index contributed by atoms with van der Waals surface area (Å²) in [6.45, 7) is 5.71. The third-order valence-corrected chi connectivity index (χ3v) is 10.5. The first kappa shape index (κ1) is 43.8. The van der Waals surface area contributed by atoms with Crippen molar-refractivity contribution in [3.63, 3.8) is 0 Å². The molecule has 0 aromatic heterocycles. The maximum absolute atomic E-state index is 14.7. The summed E-state index contributed by atoms with van der Waals surface area (Å²) in [4.78, 5) is 0. The zero-order valence-corrected chi connectivity index (χ0v) is 33.9. The van der Waals surface area contributed by atoms with Crippen molar-refractivity contribution < 1.29 is 35.1 Å². The molecule has 0 saturated carbocycles.